The Morgan fingerprint density at radius 3 is 2.71 bits per heavy atom. The third kappa shape index (κ3) is 3.46. The number of aryl methyl sites for hydroxylation is 1. The zero-order valence-electron chi connectivity index (χ0n) is 14.4. The number of carbonyl (C=O) groups excluding carboxylic acids is 1. The molecule has 2 atom stereocenters. The van der Waals surface area contributed by atoms with Gasteiger partial charge in [0, 0.05) is 42.5 Å². The summed E-state index contributed by atoms with van der Waals surface area (Å²) in [6.45, 7) is 9.09. The molecule has 6 heteroatoms. The van der Waals surface area contributed by atoms with Gasteiger partial charge in [0.1, 0.15) is 6.10 Å². The highest BCUT2D eigenvalue weighted by Gasteiger charge is 2.47. The van der Waals surface area contributed by atoms with Crippen LogP contribution in [-0.2, 0) is 11.3 Å². The van der Waals surface area contributed by atoms with Crippen molar-refractivity contribution in [2.75, 3.05) is 39.3 Å². The van der Waals surface area contributed by atoms with Gasteiger partial charge >= 0.3 is 6.09 Å². The van der Waals surface area contributed by atoms with Crippen molar-refractivity contribution in [1.29, 1.82) is 0 Å². The quantitative estimate of drug-likeness (QED) is 0.818. The fourth-order valence-electron chi connectivity index (χ4n) is 4.19. The molecule has 4 rings (SSSR count). The fraction of sp³-hybridized carbons (Fsp3) is 0.722. The number of ether oxygens (including phenoxy) is 1. The van der Waals surface area contributed by atoms with Crippen LogP contribution in [0.1, 0.15) is 29.0 Å². The lowest BCUT2D eigenvalue weighted by Gasteiger charge is -2.29. The summed E-state index contributed by atoms with van der Waals surface area (Å²) in [5, 5.41) is 0. The summed E-state index contributed by atoms with van der Waals surface area (Å²) in [6, 6.07) is 4.64. The minimum absolute atomic E-state index is 0.0555. The minimum Gasteiger partial charge on any atom is -0.442 e. The first-order valence-corrected chi connectivity index (χ1v) is 9.98. The first-order chi connectivity index (χ1) is 11.7. The summed E-state index contributed by atoms with van der Waals surface area (Å²) in [5.74, 6) is 0. The molecule has 3 aliphatic rings. The fourth-order valence-corrected chi connectivity index (χ4v) is 5.12. The molecule has 0 spiro atoms. The number of hydrogen-bond acceptors (Lipinski definition) is 5. The Balaban J connectivity index is 1.32. The Hall–Kier alpha value is -1.11. The lowest BCUT2D eigenvalue weighted by atomic mass is 10.1. The number of fused-ring (bicyclic) bond motifs is 1. The van der Waals surface area contributed by atoms with E-state index < -0.39 is 0 Å². The summed E-state index contributed by atoms with van der Waals surface area (Å²) in [5.41, 5.74) is 0. The molecule has 132 valence electrons. The molecule has 3 saturated heterocycles. The summed E-state index contributed by atoms with van der Waals surface area (Å²) in [7, 11) is 0. The maximum Gasteiger partial charge on any atom is 0.410 e. The van der Waals surface area contributed by atoms with Crippen LogP contribution in [-0.4, -0.2) is 72.2 Å². The van der Waals surface area contributed by atoms with Gasteiger partial charge in [-0.3, -0.25) is 9.80 Å². The van der Waals surface area contributed by atoms with Gasteiger partial charge in [0.25, 0.3) is 0 Å². The molecule has 5 nitrogen and oxygen atoms in total. The van der Waals surface area contributed by atoms with Crippen molar-refractivity contribution in [1.82, 2.24) is 14.7 Å². The maximum atomic E-state index is 12.2. The van der Waals surface area contributed by atoms with Crippen LogP contribution in [0.4, 0.5) is 4.79 Å². The monoisotopic (exact) mass is 349 g/mol. The molecule has 0 aromatic carbocycles. The molecule has 0 radical (unpaired) electrons. The van der Waals surface area contributed by atoms with Crippen LogP contribution in [0.3, 0.4) is 0 Å². The molecule has 1 aromatic heterocycles. The predicted octanol–water partition coefficient (Wildman–Crippen LogP) is 2.55. The highest BCUT2D eigenvalue weighted by molar-refractivity contribution is 7.11. The number of amides is 1. The van der Waals surface area contributed by atoms with Gasteiger partial charge in [-0.15, -0.1) is 11.3 Å². The van der Waals surface area contributed by atoms with E-state index in [-0.39, 0.29) is 18.2 Å². The van der Waals surface area contributed by atoms with Crippen molar-refractivity contribution < 1.29 is 9.53 Å². The van der Waals surface area contributed by atoms with Gasteiger partial charge < -0.3 is 9.64 Å². The van der Waals surface area contributed by atoms with E-state index in [1.807, 2.05) is 16.2 Å². The maximum absolute atomic E-state index is 12.2. The smallest absolute Gasteiger partial charge is 0.410 e. The van der Waals surface area contributed by atoms with Gasteiger partial charge in [0.05, 0.1) is 6.04 Å². The molecule has 1 aromatic rings. The van der Waals surface area contributed by atoms with E-state index in [1.54, 1.807) is 0 Å². The van der Waals surface area contributed by atoms with E-state index in [9.17, 15) is 4.79 Å². The van der Waals surface area contributed by atoms with E-state index >= 15 is 0 Å². The third-order valence-corrected chi connectivity index (χ3v) is 6.47. The van der Waals surface area contributed by atoms with Gasteiger partial charge in [-0.2, -0.15) is 0 Å². The summed E-state index contributed by atoms with van der Waals surface area (Å²) in [6.07, 6.45) is 3.90. The Bertz CT molecular complexity index is 585. The van der Waals surface area contributed by atoms with Crippen LogP contribution >= 0.6 is 11.3 Å². The van der Waals surface area contributed by atoms with Gasteiger partial charge in [0.15, 0.2) is 0 Å². The molecule has 24 heavy (non-hydrogen) atoms. The zero-order chi connectivity index (χ0) is 16.5. The molecular formula is C18H27N3O2S. The van der Waals surface area contributed by atoms with E-state index in [1.165, 1.54) is 42.1 Å². The Kier molecular flexibility index (Phi) is 4.79. The SMILES string of the molecule is Cc1ccc(CN2C[C@@H]3OC(=O)N(CCN4CCCCC4)[C@@H]3C2)s1. The van der Waals surface area contributed by atoms with E-state index in [4.69, 9.17) is 4.74 Å². The zero-order valence-corrected chi connectivity index (χ0v) is 15.3. The molecule has 0 saturated carbocycles. The van der Waals surface area contributed by atoms with Crippen molar-refractivity contribution in [3.8, 4) is 0 Å². The van der Waals surface area contributed by atoms with Gasteiger partial charge in [-0.1, -0.05) is 6.42 Å². The summed E-state index contributed by atoms with van der Waals surface area (Å²) >= 11 is 1.86. The lowest BCUT2D eigenvalue weighted by molar-refractivity contribution is 0.117. The third-order valence-electron chi connectivity index (χ3n) is 5.48. The average Bonchev–Trinajstić information content (AvgIpc) is 3.22. The molecule has 3 aliphatic heterocycles. The molecule has 0 unspecified atom stereocenters. The topological polar surface area (TPSA) is 36.0 Å². The highest BCUT2D eigenvalue weighted by Crippen LogP contribution is 2.29. The van der Waals surface area contributed by atoms with E-state index in [2.05, 4.69) is 28.9 Å². The average molecular weight is 350 g/mol. The molecule has 4 heterocycles. The number of carbonyl (C=O) groups is 1. The van der Waals surface area contributed by atoms with Crippen molar-refractivity contribution in [2.45, 2.75) is 44.9 Å². The van der Waals surface area contributed by atoms with E-state index in [0.29, 0.717) is 0 Å². The normalized spacial score (nSPS) is 28.4. The standard InChI is InChI=1S/C18H27N3O2S/c1-14-5-6-15(24-14)11-20-12-16-17(13-20)23-18(22)21(16)10-9-19-7-3-2-4-8-19/h5-6,16-17H,2-4,7-13H2,1H3/t16-,17+/m1/s1. The number of nitrogens with zero attached hydrogens (tertiary/aromatic N) is 3. The largest absolute Gasteiger partial charge is 0.442 e. The van der Waals surface area contributed by atoms with Gasteiger partial charge in [-0.05, 0) is 45.0 Å². The second-order valence-electron chi connectivity index (χ2n) is 7.29. The summed E-state index contributed by atoms with van der Waals surface area (Å²) < 4.78 is 5.64. The van der Waals surface area contributed by atoms with Gasteiger partial charge in [0.2, 0.25) is 0 Å². The van der Waals surface area contributed by atoms with Crippen LogP contribution in [0, 0.1) is 6.92 Å². The Labute approximate surface area is 148 Å². The Morgan fingerprint density at radius 1 is 1.12 bits per heavy atom. The van der Waals surface area contributed by atoms with Crippen LogP contribution in [0.25, 0.3) is 0 Å². The van der Waals surface area contributed by atoms with Crippen LogP contribution in [0.5, 0.6) is 0 Å². The van der Waals surface area contributed by atoms with Crippen LogP contribution in [0.2, 0.25) is 0 Å². The van der Waals surface area contributed by atoms with Crippen LogP contribution < -0.4 is 0 Å². The van der Waals surface area contributed by atoms with Crippen molar-refractivity contribution in [3.63, 3.8) is 0 Å². The Morgan fingerprint density at radius 2 is 1.96 bits per heavy atom. The van der Waals surface area contributed by atoms with Crippen molar-refractivity contribution >= 4 is 17.4 Å². The molecule has 1 amide bonds. The predicted molar refractivity (Wildman–Crippen MR) is 95.4 cm³/mol. The molecule has 0 aliphatic carbocycles. The van der Waals surface area contributed by atoms with Crippen LogP contribution in [0.15, 0.2) is 12.1 Å². The van der Waals surface area contributed by atoms with E-state index in [0.717, 1.165) is 32.7 Å². The first kappa shape index (κ1) is 16.4. The minimum atomic E-state index is -0.103. The second-order valence-corrected chi connectivity index (χ2v) is 8.66. The summed E-state index contributed by atoms with van der Waals surface area (Å²) in [4.78, 5) is 21.9. The first-order valence-electron chi connectivity index (χ1n) is 9.16. The molecular weight excluding hydrogens is 322 g/mol. The number of thiophene rings is 1. The number of piperidine rings is 1. The molecule has 3 fully saturated rings. The number of hydrogen-bond donors (Lipinski definition) is 0. The highest BCUT2D eigenvalue weighted by atomic mass is 32.1. The molecule has 0 bridgehead atoms. The number of likely N-dealkylation sites (tertiary alicyclic amines) is 2. The lowest BCUT2D eigenvalue weighted by Crippen LogP contribution is -2.43. The van der Waals surface area contributed by atoms with Crippen molar-refractivity contribution in [2.24, 2.45) is 0 Å². The molecule has 0 N–H and O–H groups in total. The second kappa shape index (κ2) is 7.02. The van der Waals surface area contributed by atoms with Gasteiger partial charge in [-0.25, -0.2) is 4.79 Å². The number of rotatable bonds is 5. The van der Waals surface area contributed by atoms with Crippen molar-refractivity contribution in [3.05, 3.63) is 21.9 Å².